The molecule has 1 N–H and O–H groups in total. The van der Waals surface area contributed by atoms with Crippen molar-refractivity contribution in [3.63, 3.8) is 0 Å². The van der Waals surface area contributed by atoms with E-state index >= 15 is 0 Å². The summed E-state index contributed by atoms with van der Waals surface area (Å²) in [6.45, 7) is 0.230. The maximum Gasteiger partial charge on any atom is 0.247 e. The van der Waals surface area contributed by atoms with Gasteiger partial charge in [-0.2, -0.15) is 0 Å². The lowest BCUT2D eigenvalue weighted by atomic mass is 9.94. The number of benzene rings is 2. The van der Waals surface area contributed by atoms with E-state index in [2.05, 4.69) is 5.32 Å². The zero-order valence-electron chi connectivity index (χ0n) is 23.6. The Morgan fingerprint density at radius 2 is 1.60 bits per heavy atom. The molecule has 1 fully saturated rings. The molecule has 1 heterocycles. The maximum atomic E-state index is 14.2. The van der Waals surface area contributed by atoms with Crippen molar-refractivity contribution in [1.29, 1.82) is 0 Å². The van der Waals surface area contributed by atoms with E-state index in [1.54, 1.807) is 24.1 Å². The van der Waals surface area contributed by atoms with Gasteiger partial charge in [0.1, 0.15) is 11.8 Å². The highest BCUT2D eigenvalue weighted by atomic mass is 32.1. The second-order valence-corrected chi connectivity index (χ2v) is 10.9. The van der Waals surface area contributed by atoms with Gasteiger partial charge < -0.3 is 29.2 Å². The van der Waals surface area contributed by atoms with Crippen molar-refractivity contribution in [2.24, 2.45) is 0 Å². The van der Waals surface area contributed by atoms with Gasteiger partial charge in [0.15, 0.2) is 11.5 Å². The van der Waals surface area contributed by atoms with Gasteiger partial charge in [-0.05, 0) is 59.7 Å². The third kappa shape index (κ3) is 7.07. The molecule has 0 spiro atoms. The first-order chi connectivity index (χ1) is 19.5. The van der Waals surface area contributed by atoms with Crippen LogP contribution in [0.3, 0.4) is 0 Å². The molecular weight excluding hydrogens is 528 g/mol. The van der Waals surface area contributed by atoms with Crippen LogP contribution in [0.15, 0.2) is 53.9 Å². The summed E-state index contributed by atoms with van der Waals surface area (Å²) in [5.41, 5.74) is 1.46. The molecule has 214 valence electrons. The Balaban J connectivity index is 1.80. The zero-order chi connectivity index (χ0) is 28.5. The standard InChI is InChI=1S/C31H38N2O6S/c1-36-24-14-12-21(13-15-24)20-33(28(34)19-25-11-8-16-40-25)29(31(35)32-23-9-6-5-7-10-23)22-17-26(37-2)30(39-4)27(18-22)38-3/h8,11-18,23,29H,5-7,9-10,19-20H2,1-4H3,(H,32,35)/t29-/m1/s1. The molecule has 2 aromatic carbocycles. The minimum absolute atomic E-state index is 0.0704. The summed E-state index contributed by atoms with van der Waals surface area (Å²) in [5, 5.41) is 5.20. The Morgan fingerprint density at radius 3 is 2.15 bits per heavy atom. The van der Waals surface area contributed by atoms with Crippen LogP contribution in [0, 0.1) is 0 Å². The van der Waals surface area contributed by atoms with Gasteiger partial charge in [-0.15, -0.1) is 11.3 Å². The summed E-state index contributed by atoms with van der Waals surface area (Å²) in [6, 6.07) is 14.1. The number of nitrogens with zero attached hydrogens (tertiary/aromatic N) is 1. The Labute approximate surface area is 240 Å². The molecule has 2 amide bonds. The third-order valence-corrected chi connectivity index (χ3v) is 8.13. The van der Waals surface area contributed by atoms with Crippen LogP contribution in [0.5, 0.6) is 23.0 Å². The van der Waals surface area contributed by atoms with Crippen LogP contribution in [0.4, 0.5) is 0 Å². The summed E-state index contributed by atoms with van der Waals surface area (Å²) in [7, 11) is 6.22. The van der Waals surface area contributed by atoms with Crippen molar-refractivity contribution in [3.8, 4) is 23.0 Å². The van der Waals surface area contributed by atoms with Gasteiger partial charge in [-0.1, -0.05) is 37.5 Å². The Morgan fingerprint density at radius 1 is 0.925 bits per heavy atom. The minimum Gasteiger partial charge on any atom is -0.497 e. The van der Waals surface area contributed by atoms with E-state index in [0.717, 1.165) is 41.9 Å². The topological polar surface area (TPSA) is 86.3 Å². The van der Waals surface area contributed by atoms with E-state index in [1.165, 1.54) is 39.1 Å². The fourth-order valence-corrected chi connectivity index (χ4v) is 5.87. The van der Waals surface area contributed by atoms with Gasteiger partial charge in [0.2, 0.25) is 17.6 Å². The fraction of sp³-hybridized carbons (Fsp3) is 0.419. The van der Waals surface area contributed by atoms with Crippen molar-refractivity contribution < 1.29 is 28.5 Å². The highest BCUT2D eigenvalue weighted by Gasteiger charge is 2.34. The lowest BCUT2D eigenvalue weighted by Crippen LogP contribution is -2.47. The van der Waals surface area contributed by atoms with Crippen LogP contribution in [0.2, 0.25) is 0 Å². The van der Waals surface area contributed by atoms with E-state index < -0.39 is 6.04 Å². The molecule has 0 aliphatic heterocycles. The second-order valence-electron chi connectivity index (χ2n) is 9.83. The Bertz CT molecular complexity index is 1230. The first-order valence-electron chi connectivity index (χ1n) is 13.5. The molecule has 4 rings (SSSR count). The highest BCUT2D eigenvalue weighted by Crippen LogP contribution is 2.41. The first kappa shape index (κ1) is 29.3. The number of amides is 2. The van der Waals surface area contributed by atoms with E-state index in [0.29, 0.717) is 22.8 Å². The van der Waals surface area contributed by atoms with Gasteiger partial charge >= 0.3 is 0 Å². The summed E-state index contributed by atoms with van der Waals surface area (Å²) >= 11 is 1.52. The van der Waals surface area contributed by atoms with E-state index in [-0.39, 0.29) is 30.8 Å². The number of rotatable bonds is 12. The maximum absolute atomic E-state index is 14.2. The molecule has 1 atom stereocenters. The lowest BCUT2D eigenvalue weighted by molar-refractivity contribution is -0.141. The minimum atomic E-state index is -0.926. The molecule has 0 radical (unpaired) electrons. The van der Waals surface area contributed by atoms with Crippen LogP contribution in [-0.4, -0.2) is 51.2 Å². The SMILES string of the molecule is COc1ccc(CN(C(=O)Cc2cccs2)[C@@H](C(=O)NC2CCCCC2)c2cc(OC)c(OC)c(OC)c2)cc1. The van der Waals surface area contributed by atoms with Gasteiger partial charge in [-0.25, -0.2) is 0 Å². The number of ether oxygens (including phenoxy) is 4. The van der Waals surface area contributed by atoms with Gasteiger partial charge in [0.25, 0.3) is 0 Å². The summed E-state index contributed by atoms with van der Waals surface area (Å²) in [5.74, 6) is 1.60. The number of methoxy groups -OCH3 is 4. The number of nitrogens with one attached hydrogen (secondary N) is 1. The van der Waals surface area contributed by atoms with E-state index in [9.17, 15) is 9.59 Å². The van der Waals surface area contributed by atoms with Crippen LogP contribution in [0.1, 0.15) is 54.1 Å². The predicted octanol–water partition coefficient (Wildman–Crippen LogP) is 5.54. The third-order valence-electron chi connectivity index (χ3n) is 7.25. The van der Waals surface area contributed by atoms with Crippen LogP contribution < -0.4 is 24.3 Å². The Kier molecular flexibility index (Phi) is 10.3. The summed E-state index contributed by atoms with van der Waals surface area (Å²) < 4.78 is 22.1. The molecule has 3 aromatic rings. The molecule has 1 aliphatic rings. The number of hydrogen-bond acceptors (Lipinski definition) is 7. The zero-order valence-corrected chi connectivity index (χ0v) is 24.4. The highest BCUT2D eigenvalue weighted by molar-refractivity contribution is 7.10. The molecule has 0 saturated heterocycles. The van der Waals surface area contributed by atoms with Crippen LogP contribution in [0.25, 0.3) is 0 Å². The molecule has 1 saturated carbocycles. The number of carbonyl (C=O) groups is 2. The average Bonchev–Trinajstić information content (AvgIpc) is 3.50. The van der Waals surface area contributed by atoms with Gasteiger partial charge in [0, 0.05) is 17.5 Å². The molecule has 1 aromatic heterocycles. The quantitative estimate of drug-likeness (QED) is 0.310. The van der Waals surface area contributed by atoms with Crippen molar-refractivity contribution in [2.75, 3.05) is 28.4 Å². The number of hydrogen-bond donors (Lipinski definition) is 1. The van der Waals surface area contributed by atoms with E-state index in [1.807, 2.05) is 41.8 Å². The van der Waals surface area contributed by atoms with Crippen molar-refractivity contribution in [1.82, 2.24) is 10.2 Å². The Hall–Kier alpha value is -3.72. The number of carbonyl (C=O) groups excluding carboxylic acids is 2. The largest absolute Gasteiger partial charge is 0.497 e. The smallest absolute Gasteiger partial charge is 0.247 e. The molecule has 1 aliphatic carbocycles. The molecule has 0 unspecified atom stereocenters. The van der Waals surface area contributed by atoms with E-state index in [4.69, 9.17) is 18.9 Å². The second kappa shape index (κ2) is 14.1. The summed E-state index contributed by atoms with van der Waals surface area (Å²) in [4.78, 5) is 30.8. The monoisotopic (exact) mass is 566 g/mol. The molecule has 8 nitrogen and oxygen atoms in total. The first-order valence-corrected chi connectivity index (χ1v) is 14.4. The molecule has 9 heteroatoms. The van der Waals surface area contributed by atoms with Gasteiger partial charge in [0.05, 0.1) is 34.9 Å². The predicted molar refractivity (Wildman–Crippen MR) is 155 cm³/mol. The molecule has 40 heavy (non-hydrogen) atoms. The molecule has 0 bridgehead atoms. The van der Waals surface area contributed by atoms with Crippen LogP contribution in [-0.2, 0) is 22.6 Å². The normalized spacial score (nSPS) is 14.2. The molecular formula is C31H38N2O6S. The lowest BCUT2D eigenvalue weighted by Gasteiger charge is -2.34. The van der Waals surface area contributed by atoms with Crippen molar-refractivity contribution in [3.05, 3.63) is 69.9 Å². The fourth-order valence-electron chi connectivity index (χ4n) is 5.17. The average molecular weight is 567 g/mol. The van der Waals surface area contributed by atoms with Gasteiger partial charge in [-0.3, -0.25) is 9.59 Å². The summed E-state index contributed by atoms with van der Waals surface area (Å²) in [6.07, 6.45) is 5.36. The van der Waals surface area contributed by atoms with Crippen LogP contribution >= 0.6 is 11.3 Å². The van der Waals surface area contributed by atoms with Crippen molar-refractivity contribution >= 4 is 23.2 Å². The number of thiophene rings is 1. The van der Waals surface area contributed by atoms with Crippen molar-refractivity contribution in [2.45, 2.75) is 57.2 Å².